The Morgan fingerprint density at radius 2 is 2.06 bits per heavy atom. The second-order valence-corrected chi connectivity index (χ2v) is 3.57. The molecular weight excluding hydrogens is 237 g/mol. The van der Waals surface area contributed by atoms with Crippen molar-refractivity contribution in [2.45, 2.75) is 19.5 Å². The largest absolute Gasteiger partial charge is 0.484 e. The van der Waals surface area contributed by atoms with Crippen molar-refractivity contribution in [2.75, 3.05) is 6.61 Å². The second-order valence-electron chi connectivity index (χ2n) is 3.57. The minimum Gasteiger partial charge on any atom is -0.484 e. The van der Waals surface area contributed by atoms with Crippen molar-refractivity contribution in [1.82, 2.24) is 0 Å². The number of carboxylic acids is 1. The van der Waals surface area contributed by atoms with Crippen LogP contribution in [0, 0.1) is 6.92 Å². The maximum absolute atomic E-state index is 12.0. The summed E-state index contributed by atoms with van der Waals surface area (Å²) in [4.78, 5) is 10.5. The Balaban J connectivity index is 2.80. The van der Waals surface area contributed by atoms with Crippen molar-refractivity contribution in [3.05, 3.63) is 29.3 Å². The molecule has 0 aliphatic heterocycles. The van der Waals surface area contributed by atoms with Crippen LogP contribution in [-0.2, 0) is 11.2 Å². The highest BCUT2D eigenvalue weighted by molar-refractivity contribution is 5.70. The molecule has 0 unspecified atom stereocenters. The van der Waals surface area contributed by atoms with Gasteiger partial charge in [0, 0.05) is 0 Å². The number of aliphatic carboxylic acids is 1. The Morgan fingerprint density at radius 3 is 2.59 bits per heavy atom. The molecule has 1 N–H and O–H groups in total. The first kappa shape index (κ1) is 13.3. The summed E-state index contributed by atoms with van der Waals surface area (Å²) in [7, 11) is 0. The fourth-order valence-electron chi connectivity index (χ4n) is 1.24. The van der Waals surface area contributed by atoms with Crippen molar-refractivity contribution in [3.8, 4) is 5.75 Å². The molecule has 1 aromatic carbocycles. The Bertz CT molecular complexity index is 413. The molecule has 0 atom stereocenters. The average Bonchev–Trinajstić information content (AvgIpc) is 2.17. The Morgan fingerprint density at radius 1 is 1.41 bits per heavy atom. The topological polar surface area (TPSA) is 46.5 Å². The van der Waals surface area contributed by atoms with E-state index >= 15 is 0 Å². The molecule has 3 nitrogen and oxygen atoms in total. The molecule has 1 aromatic rings. The van der Waals surface area contributed by atoms with Crippen molar-refractivity contribution in [3.63, 3.8) is 0 Å². The van der Waals surface area contributed by atoms with Gasteiger partial charge in [0.15, 0.2) is 6.61 Å². The summed E-state index contributed by atoms with van der Waals surface area (Å²) >= 11 is 0. The van der Waals surface area contributed by atoms with E-state index in [9.17, 15) is 18.0 Å². The fourth-order valence-corrected chi connectivity index (χ4v) is 1.24. The molecule has 0 amide bonds. The zero-order valence-electron chi connectivity index (χ0n) is 9.04. The van der Waals surface area contributed by atoms with Gasteiger partial charge in [-0.1, -0.05) is 12.1 Å². The minimum atomic E-state index is -4.41. The maximum atomic E-state index is 12.0. The standard InChI is InChI=1S/C11H11F3O3/c1-7-2-3-8(5-10(15)16)4-9(7)17-6-11(12,13)14/h2-4H,5-6H2,1H3,(H,15,16). The number of rotatable bonds is 4. The summed E-state index contributed by atoms with van der Waals surface area (Å²) in [5.74, 6) is -0.989. The Labute approximate surface area is 95.8 Å². The second kappa shape index (κ2) is 5.07. The summed E-state index contributed by atoms with van der Waals surface area (Å²) in [5, 5.41) is 8.57. The minimum absolute atomic E-state index is 0.0566. The van der Waals surface area contributed by atoms with E-state index in [0.29, 0.717) is 11.1 Å². The molecule has 0 spiro atoms. The van der Waals surface area contributed by atoms with Gasteiger partial charge < -0.3 is 9.84 Å². The number of hydrogen-bond acceptors (Lipinski definition) is 2. The van der Waals surface area contributed by atoms with E-state index < -0.39 is 18.8 Å². The van der Waals surface area contributed by atoms with Gasteiger partial charge in [-0.2, -0.15) is 13.2 Å². The van der Waals surface area contributed by atoms with E-state index in [0.717, 1.165) is 0 Å². The van der Waals surface area contributed by atoms with Gasteiger partial charge in [0.05, 0.1) is 6.42 Å². The van der Waals surface area contributed by atoms with Crippen molar-refractivity contribution < 1.29 is 27.8 Å². The lowest BCUT2D eigenvalue weighted by Gasteiger charge is -2.12. The number of halogens is 3. The molecule has 0 saturated carbocycles. The van der Waals surface area contributed by atoms with E-state index in [2.05, 4.69) is 4.74 Å². The van der Waals surface area contributed by atoms with Crippen LogP contribution in [-0.4, -0.2) is 23.9 Å². The number of carbonyl (C=O) groups is 1. The third-order valence-electron chi connectivity index (χ3n) is 2.00. The number of carboxylic acid groups (broad SMARTS) is 1. The smallest absolute Gasteiger partial charge is 0.422 e. The van der Waals surface area contributed by atoms with E-state index in [1.807, 2.05) is 0 Å². The lowest BCUT2D eigenvalue weighted by atomic mass is 10.1. The Kier molecular flexibility index (Phi) is 3.98. The van der Waals surface area contributed by atoms with Gasteiger partial charge in [0.25, 0.3) is 0 Å². The number of benzene rings is 1. The first-order valence-corrected chi connectivity index (χ1v) is 4.79. The first-order valence-electron chi connectivity index (χ1n) is 4.79. The zero-order chi connectivity index (χ0) is 13.1. The van der Waals surface area contributed by atoms with Crippen LogP contribution in [0.1, 0.15) is 11.1 Å². The molecule has 1 rings (SSSR count). The molecule has 0 aromatic heterocycles. The molecule has 0 bridgehead atoms. The zero-order valence-corrected chi connectivity index (χ0v) is 9.04. The van der Waals surface area contributed by atoms with Crippen LogP contribution in [0.5, 0.6) is 5.75 Å². The van der Waals surface area contributed by atoms with Gasteiger partial charge >= 0.3 is 12.1 Å². The summed E-state index contributed by atoms with van der Waals surface area (Å²) in [6.07, 6.45) is -4.65. The highest BCUT2D eigenvalue weighted by Crippen LogP contribution is 2.23. The van der Waals surface area contributed by atoms with Crippen molar-refractivity contribution in [1.29, 1.82) is 0 Å². The lowest BCUT2D eigenvalue weighted by molar-refractivity contribution is -0.153. The van der Waals surface area contributed by atoms with Crippen LogP contribution in [0.15, 0.2) is 18.2 Å². The van der Waals surface area contributed by atoms with Crippen LogP contribution in [0.25, 0.3) is 0 Å². The quantitative estimate of drug-likeness (QED) is 0.890. The lowest BCUT2D eigenvalue weighted by Crippen LogP contribution is -2.19. The van der Waals surface area contributed by atoms with Crippen molar-refractivity contribution in [2.24, 2.45) is 0 Å². The van der Waals surface area contributed by atoms with E-state index in [4.69, 9.17) is 5.11 Å². The predicted molar refractivity (Wildman–Crippen MR) is 54.1 cm³/mol. The highest BCUT2D eigenvalue weighted by atomic mass is 19.4. The molecule has 0 aliphatic rings. The van der Waals surface area contributed by atoms with Crippen LogP contribution in [0.3, 0.4) is 0 Å². The number of alkyl halides is 3. The molecular formula is C11H11F3O3. The molecule has 17 heavy (non-hydrogen) atoms. The van der Waals surface area contributed by atoms with Gasteiger partial charge in [-0.05, 0) is 24.1 Å². The van der Waals surface area contributed by atoms with Crippen molar-refractivity contribution >= 4 is 5.97 Å². The van der Waals surface area contributed by atoms with Crippen LogP contribution < -0.4 is 4.74 Å². The monoisotopic (exact) mass is 248 g/mol. The van der Waals surface area contributed by atoms with Crippen LogP contribution >= 0.6 is 0 Å². The molecule has 0 radical (unpaired) electrons. The number of hydrogen-bond donors (Lipinski definition) is 1. The number of ether oxygens (including phenoxy) is 1. The van der Waals surface area contributed by atoms with Gasteiger partial charge in [-0.15, -0.1) is 0 Å². The van der Waals surface area contributed by atoms with Gasteiger partial charge in [0.2, 0.25) is 0 Å². The average molecular weight is 248 g/mol. The highest BCUT2D eigenvalue weighted by Gasteiger charge is 2.28. The van der Waals surface area contributed by atoms with Gasteiger partial charge in [0.1, 0.15) is 5.75 Å². The first-order chi connectivity index (χ1) is 7.78. The molecule has 0 fully saturated rings. The van der Waals surface area contributed by atoms with Crippen LogP contribution in [0.4, 0.5) is 13.2 Å². The fraction of sp³-hybridized carbons (Fsp3) is 0.364. The predicted octanol–water partition coefficient (Wildman–Crippen LogP) is 2.56. The van der Waals surface area contributed by atoms with E-state index in [1.165, 1.54) is 12.1 Å². The molecule has 0 aliphatic carbocycles. The SMILES string of the molecule is Cc1ccc(CC(=O)O)cc1OCC(F)(F)F. The molecule has 0 heterocycles. The van der Waals surface area contributed by atoms with E-state index in [1.54, 1.807) is 13.0 Å². The number of aryl methyl sites for hydroxylation is 1. The summed E-state index contributed by atoms with van der Waals surface area (Å²) in [5.41, 5.74) is 0.934. The van der Waals surface area contributed by atoms with E-state index in [-0.39, 0.29) is 12.2 Å². The molecule has 6 heteroatoms. The normalized spacial score (nSPS) is 11.3. The van der Waals surface area contributed by atoms with Gasteiger partial charge in [-0.3, -0.25) is 4.79 Å². The molecule has 0 saturated heterocycles. The van der Waals surface area contributed by atoms with Crippen LogP contribution in [0.2, 0.25) is 0 Å². The summed E-state index contributed by atoms with van der Waals surface area (Å²) < 4.78 is 40.5. The molecule has 94 valence electrons. The summed E-state index contributed by atoms with van der Waals surface area (Å²) in [6.45, 7) is 0.209. The summed E-state index contributed by atoms with van der Waals surface area (Å²) in [6, 6.07) is 4.39. The maximum Gasteiger partial charge on any atom is 0.422 e. The third-order valence-corrected chi connectivity index (χ3v) is 2.00. The Hall–Kier alpha value is -1.72. The van der Waals surface area contributed by atoms with Gasteiger partial charge in [-0.25, -0.2) is 0 Å². The third kappa shape index (κ3) is 4.76.